The Hall–Kier alpha value is -0.900. The van der Waals surface area contributed by atoms with Gasteiger partial charge in [-0.2, -0.15) is 5.10 Å². The van der Waals surface area contributed by atoms with Crippen LogP contribution in [0.15, 0.2) is 6.33 Å². The second kappa shape index (κ2) is 4.75. The predicted octanol–water partition coefficient (Wildman–Crippen LogP) is 1.58. The van der Waals surface area contributed by atoms with E-state index in [2.05, 4.69) is 29.2 Å². The molecule has 4 nitrogen and oxygen atoms in total. The summed E-state index contributed by atoms with van der Waals surface area (Å²) in [6, 6.07) is 0.701. The molecule has 1 aliphatic carbocycles. The van der Waals surface area contributed by atoms with E-state index < -0.39 is 0 Å². The lowest BCUT2D eigenvalue weighted by Crippen LogP contribution is -2.40. The van der Waals surface area contributed by atoms with Crippen molar-refractivity contribution in [3.05, 3.63) is 12.2 Å². The van der Waals surface area contributed by atoms with Crippen LogP contribution in [0.1, 0.15) is 38.9 Å². The molecule has 0 amide bonds. The van der Waals surface area contributed by atoms with Gasteiger partial charge in [0.25, 0.3) is 0 Å². The number of hydrogen-bond acceptors (Lipinski definition) is 3. The molecule has 0 atom stereocenters. The van der Waals surface area contributed by atoms with Gasteiger partial charge in [-0.05, 0) is 25.2 Å². The molecule has 0 aliphatic heterocycles. The van der Waals surface area contributed by atoms with Crippen LogP contribution in [0.3, 0.4) is 0 Å². The molecule has 1 aromatic heterocycles. The molecule has 1 aliphatic rings. The Morgan fingerprint density at radius 3 is 3.00 bits per heavy atom. The molecule has 1 N–H and O–H groups in total. The van der Waals surface area contributed by atoms with Crippen molar-refractivity contribution < 1.29 is 0 Å². The Bertz CT molecular complexity index is 301. The molecule has 0 aromatic carbocycles. The molecule has 84 valence electrons. The molecule has 0 bridgehead atoms. The van der Waals surface area contributed by atoms with E-state index >= 15 is 0 Å². The highest BCUT2D eigenvalue weighted by atomic mass is 15.3. The largest absolute Gasteiger partial charge is 0.307 e. The van der Waals surface area contributed by atoms with Crippen LogP contribution in [0.5, 0.6) is 0 Å². The molecular formula is C11H20N4. The van der Waals surface area contributed by atoms with Crippen molar-refractivity contribution >= 4 is 0 Å². The molecule has 1 heterocycles. The molecule has 1 fully saturated rings. The van der Waals surface area contributed by atoms with Crippen LogP contribution in [0.2, 0.25) is 0 Å². The number of aryl methyl sites for hydroxylation is 1. The van der Waals surface area contributed by atoms with Gasteiger partial charge in [0.15, 0.2) is 0 Å². The van der Waals surface area contributed by atoms with Crippen LogP contribution in [0, 0.1) is 5.92 Å². The van der Waals surface area contributed by atoms with E-state index in [1.807, 2.05) is 4.68 Å². The zero-order chi connectivity index (χ0) is 10.7. The summed E-state index contributed by atoms with van der Waals surface area (Å²) in [4.78, 5) is 4.27. The van der Waals surface area contributed by atoms with Crippen molar-refractivity contribution in [2.24, 2.45) is 5.92 Å². The SMILES string of the molecule is CCCn1ncnc1CNC1CC(C)C1. The highest BCUT2D eigenvalue weighted by Crippen LogP contribution is 2.26. The van der Waals surface area contributed by atoms with Gasteiger partial charge < -0.3 is 5.32 Å². The van der Waals surface area contributed by atoms with E-state index in [0.29, 0.717) is 6.04 Å². The van der Waals surface area contributed by atoms with Gasteiger partial charge in [-0.3, -0.25) is 0 Å². The number of hydrogen-bond donors (Lipinski definition) is 1. The van der Waals surface area contributed by atoms with Crippen molar-refractivity contribution in [1.82, 2.24) is 20.1 Å². The maximum absolute atomic E-state index is 4.27. The van der Waals surface area contributed by atoms with Crippen LogP contribution < -0.4 is 5.32 Å². The standard InChI is InChI=1S/C11H20N4/c1-3-4-15-11(13-8-14-15)7-12-10-5-9(2)6-10/h8-10,12H,3-7H2,1-2H3. The first-order chi connectivity index (χ1) is 7.29. The molecular weight excluding hydrogens is 188 g/mol. The normalized spacial score (nSPS) is 25.2. The Kier molecular flexibility index (Phi) is 3.36. The van der Waals surface area contributed by atoms with E-state index in [9.17, 15) is 0 Å². The second-order valence-corrected chi connectivity index (χ2v) is 4.55. The second-order valence-electron chi connectivity index (χ2n) is 4.55. The molecule has 1 aromatic rings. The van der Waals surface area contributed by atoms with E-state index in [0.717, 1.165) is 31.3 Å². The summed E-state index contributed by atoms with van der Waals surface area (Å²) < 4.78 is 2.00. The van der Waals surface area contributed by atoms with Gasteiger partial charge in [-0.25, -0.2) is 9.67 Å². The van der Waals surface area contributed by atoms with Crippen LogP contribution in [-0.2, 0) is 13.1 Å². The number of nitrogens with one attached hydrogen (secondary N) is 1. The molecule has 1 saturated carbocycles. The summed E-state index contributed by atoms with van der Waals surface area (Å²) in [6.07, 6.45) is 5.37. The maximum Gasteiger partial charge on any atom is 0.140 e. The smallest absolute Gasteiger partial charge is 0.140 e. The van der Waals surface area contributed by atoms with Gasteiger partial charge >= 0.3 is 0 Å². The fourth-order valence-electron chi connectivity index (χ4n) is 2.13. The molecule has 0 unspecified atom stereocenters. The first-order valence-corrected chi connectivity index (χ1v) is 5.89. The minimum Gasteiger partial charge on any atom is -0.307 e. The number of aromatic nitrogens is 3. The maximum atomic E-state index is 4.27. The fraction of sp³-hybridized carbons (Fsp3) is 0.818. The van der Waals surface area contributed by atoms with Crippen molar-refractivity contribution in [2.45, 2.75) is 52.2 Å². The fourth-order valence-corrected chi connectivity index (χ4v) is 2.13. The lowest BCUT2D eigenvalue weighted by molar-refractivity contribution is 0.237. The number of rotatable bonds is 5. The van der Waals surface area contributed by atoms with Crippen LogP contribution in [0.4, 0.5) is 0 Å². The van der Waals surface area contributed by atoms with E-state index in [4.69, 9.17) is 0 Å². The third-order valence-electron chi connectivity index (χ3n) is 3.05. The number of nitrogens with zero attached hydrogens (tertiary/aromatic N) is 3. The van der Waals surface area contributed by atoms with Gasteiger partial charge in [0, 0.05) is 12.6 Å². The van der Waals surface area contributed by atoms with Crippen molar-refractivity contribution in [1.29, 1.82) is 0 Å². The Labute approximate surface area is 91.1 Å². The van der Waals surface area contributed by atoms with Gasteiger partial charge in [-0.15, -0.1) is 0 Å². The van der Waals surface area contributed by atoms with Crippen LogP contribution in [-0.4, -0.2) is 20.8 Å². The van der Waals surface area contributed by atoms with Crippen molar-refractivity contribution in [2.75, 3.05) is 0 Å². The Balaban J connectivity index is 1.79. The molecule has 4 heteroatoms. The predicted molar refractivity (Wildman–Crippen MR) is 59.3 cm³/mol. The van der Waals surface area contributed by atoms with Crippen molar-refractivity contribution in [3.8, 4) is 0 Å². The van der Waals surface area contributed by atoms with Gasteiger partial charge in [-0.1, -0.05) is 13.8 Å². The zero-order valence-corrected chi connectivity index (χ0v) is 9.61. The third kappa shape index (κ3) is 2.56. The summed E-state index contributed by atoms with van der Waals surface area (Å²) in [5.74, 6) is 1.97. The first kappa shape index (κ1) is 10.6. The topological polar surface area (TPSA) is 42.7 Å². The van der Waals surface area contributed by atoms with E-state index in [1.54, 1.807) is 6.33 Å². The average molecular weight is 208 g/mol. The highest BCUT2D eigenvalue weighted by molar-refractivity contribution is 4.88. The first-order valence-electron chi connectivity index (χ1n) is 5.89. The van der Waals surface area contributed by atoms with E-state index in [-0.39, 0.29) is 0 Å². The van der Waals surface area contributed by atoms with Crippen LogP contribution >= 0.6 is 0 Å². The summed E-state index contributed by atoms with van der Waals surface area (Å²) in [6.45, 7) is 6.29. The van der Waals surface area contributed by atoms with Gasteiger partial charge in [0.2, 0.25) is 0 Å². The zero-order valence-electron chi connectivity index (χ0n) is 9.61. The highest BCUT2D eigenvalue weighted by Gasteiger charge is 2.24. The monoisotopic (exact) mass is 208 g/mol. The molecule has 2 rings (SSSR count). The summed E-state index contributed by atoms with van der Waals surface area (Å²) in [7, 11) is 0. The molecule has 0 spiro atoms. The Morgan fingerprint density at radius 2 is 2.33 bits per heavy atom. The van der Waals surface area contributed by atoms with Crippen LogP contribution in [0.25, 0.3) is 0 Å². The minimum atomic E-state index is 0.701. The summed E-state index contributed by atoms with van der Waals surface area (Å²) in [5.41, 5.74) is 0. The molecule has 0 radical (unpaired) electrons. The van der Waals surface area contributed by atoms with Gasteiger partial charge in [0.1, 0.15) is 12.2 Å². The lowest BCUT2D eigenvalue weighted by Gasteiger charge is -2.33. The molecule has 0 saturated heterocycles. The summed E-state index contributed by atoms with van der Waals surface area (Å²) >= 11 is 0. The minimum absolute atomic E-state index is 0.701. The Morgan fingerprint density at radius 1 is 1.53 bits per heavy atom. The lowest BCUT2D eigenvalue weighted by atomic mass is 9.82. The molecule has 15 heavy (non-hydrogen) atoms. The summed E-state index contributed by atoms with van der Waals surface area (Å²) in [5, 5.41) is 7.74. The third-order valence-corrected chi connectivity index (χ3v) is 3.05. The quantitative estimate of drug-likeness (QED) is 0.799. The van der Waals surface area contributed by atoms with Gasteiger partial charge in [0.05, 0.1) is 6.54 Å². The van der Waals surface area contributed by atoms with E-state index in [1.165, 1.54) is 12.8 Å². The van der Waals surface area contributed by atoms with Crippen molar-refractivity contribution in [3.63, 3.8) is 0 Å². The average Bonchev–Trinajstić information content (AvgIpc) is 2.59.